The molecule has 2 aromatic carbocycles. The lowest BCUT2D eigenvalue weighted by atomic mass is 10.00. The van der Waals surface area contributed by atoms with E-state index in [2.05, 4.69) is 4.74 Å². The highest BCUT2D eigenvalue weighted by Gasteiger charge is 2.41. The Bertz CT molecular complexity index is 1400. The van der Waals surface area contributed by atoms with E-state index >= 15 is 0 Å². The molecule has 6 nitrogen and oxygen atoms in total. The van der Waals surface area contributed by atoms with E-state index in [0.29, 0.717) is 5.56 Å². The molecule has 206 valence electrons. The predicted octanol–water partition coefficient (Wildman–Crippen LogP) is 5.55. The molecular weight excluding hydrogens is 538 g/mol. The molecule has 38 heavy (non-hydrogen) atoms. The number of sulfone groups is 1. The fourth-order valence-corrected chi connectivity index (χ4v) is 4.62. The number of carbonyl (C=O) groups is 1. The molecule has 0 bridgehead atoms. The molecule has 0 unspecified atom stereocenters. The van der Waals surface area contributed by atoms with Crippen molar-refractivity contribution in [1.82, 2.24) is 9.47 Å². The van der Waals surface area contributed by atoms with Crippen LogP contribution in [0.15, 0.2) is 54.6 Å². The van der Waals surface area contributed by atoms with E-state index in [1.165, 1.54) is 14.0 Å². The Balaban J connectivity index is 2.24. The van der Waals surface area contributed by atoms with Gasteiger partial charge in [-0.1, -0.05) is 42.5 Å². The molecule has 0 aliphatic heterocycles. The summed E-state index contributed by atoms with van der Waals surface area (Å²) in [7, 11) is -2.22. The summed E-state index contributed by atoms with van der Waals surface area (Å²) < 4.78 is 109. The first-order chi connectivity index (χ1) is 17.5. The Kier molecular flexibility index (Phi) is 8.20. The molecule has 0 N–H and O–H groups in total. The molecule has 0 spiro atoms. The summed E-state index contributed by atoms with van der Waals surface area (Å²) in [5, 5.41) is 0. The molecule has 0 fully saturated rings. The van der Waals surface area contributed by atoms with Crippen LogP contribution in [0.3, 0.4) is 0 Å². The average Bonchev–Trinajstić information content (AvgIpc) is 3.08. The summed E-state index contributed by atoms with van der Waals surface area (Å²) in [6, 6.07) is 12.2. The van der Waals surface area contributed by atoms with Crippen LogP contribution in [0.4, 0.5) is 26.3 Å². The second-order valence-electron chi connectivity index (χ2n) is 8.70. The minimum Gasteiger partial charge on any atom is -0.406 e. The zero-order valence-corrected chi connectivity index (χ0v) is 21.3. The van der Waals surface area contributed by atoms with Gasteiger partial charge in [0.2, 0.25) is 0 Å². The number of amides is 1. The van der Waals surface area contributed by atoms with E-state index in [9.17, 15) is 39.6 Å². The topological polar surface area (TPSA) is 68.6 Å². The van der Waals surface area contributed by atoms with Crippen molar-refractivity contribution in [1.29, 1.82) is 0 Å². The monoisotopic (exact) mass is 562 g/mol. The smallest absolute Gasteiger partial charge is 0.406 e. The maximum Gasteiger partial charge on any atom is 0.573 e. The molecule has 0 aliphatic carbocycles. The number of rotatable bonds is 8. The lowest BCUT2D eigenvalue weighted by Gasteiger charge is -2.21. The molecule has 0 saturated heterocycles. The molecular formula is C25H24F6N2O4S. The van der Waals surface area contributed by atoms with Crippen LogP contribution in [0.1, 0.15) is 27.3 Å². The first kappa shape index (κ1) is 29.1. The normalized spacial score (nSPS) is 12.4. The van der Waals surface area contributed by atoms with Crippen LogP contribution in [0.25, 0.3) is 11.1 Å². The zero-order chi connectivity index (χ0) is 28.5. The van der Waals surface area contributed by atoms with E-state index in [0.717, 1.165) is 40.0 Å². The van der Waals surface area contributed by atoms with Gasteiger partial charge in [0.1, 0.15) is 27.0 Å². The van der Waals surface area contributed by atoms with Gasteiger partial charge < -0.3 is 14.2 Å². The highest BCUT2D eigenvalue weighted by atomic mass is 32.2. The van der Waals surface area contributed by atoms with E-state index in [1.54, 1.807) is 30.3 Å². The number of nitrogens with zero attached hydrogens (tertiary/aromatic N) is 2. The summed E-state index contributed by atoms with van der Waals surface area (Å²) >= 11 is 0. The maximum atomic E-state index is 14.4. The summed E-state index contributed by atoms with van der Waals surface area (Å²) in [5.41, 5.74) is -1.41. The van der Waals surface area contributed by atoms with Crippen molar-refractivity contribution in [3.63, 3.8) is 0 Å². The van der Waals surface area contributed by atoms with Gasteiger partial charge in [-0.05, 0) is 35.7 Å². The predicted molar refractivity (Wildman–Crippen MR) is 129 cm³/mol. The van der Waals surface area contributed by atoms with Gasteiger partial charge in [0.05, 0.1) is 5.75 Å². The molecule has 13 heteroatoms. The van der Waals surface area contributed by atoms with Gasteiger partial charge in [0, 0.05) is 32.0 Å². The second kappa shape index (κ2) is 10.7. The molecule has 0 saturated carbocycles. The van der Waals surface area contributed by atoms with Gasteiger partial charge in [0.25, 0.3) is 5.91 Å². The summed E-state index contributed by atoms with van der Waals surface area (Å²) in [6.07, 6.45) is -8.90. The molecule has 1 aromatic heterocycles. The quantitative estimate of drug-likeness (QED) is 0.338. The Morgan fingerprint density at radius 1 is 0.974 bits per heavy atom. The van der Waals surface area contributed by atoms with Crippen molar-refractivity contribution in [2.24, 2.45) is 0 Å². The highest BCUT2D eigenvalue weighted by Crippen LogP contribution is 2.42. The Labute approximate surface area is 215 Å². The standard InChI is InChI=1S/C25H24F6N2O4S/c1-16-20(18-9-11-19(12-10-18)37-25(29,30)31)21(23(34)32(2)13-14-38(3,35)36)33(22(16)24(26,27)28)15-17-7-5-4-6-8-17/h4-12H,13-15H2,1-3H3. The summed E-state index contributed by atoms with van der Waals surface area (Å²) in [5.74, 6) is -1.89. The summed E-state index contributed by atoms with van der Waals surface area (Å²) in [6.45, 7) is 0.548. The van der Waals surface area contributed by atoms with E-state index in [4.69, 9.17) is 0 Å². The van der Waals surface area contributed by atoms with Crippen molar-refractivity contribution >= 4 is 15.7 Å². The number of halogens is 6. The van der Waals surface area contributed by atoms with Crippen LogP contribution in [0, 0.1) is 6.92 Å². The van der Waals surface area contributed by atoms with Gasteiger partial charge in [-0.2, -0.15) is 13.2 Å². The number of carbonyl (C=O) groups excluding carboxylic acids is 1. The number of hydrogen-bond donors (Lipinski definition) is 0. The van der Waals surface area contributed by atoms with Crippen LogP contribution in [0.2, 0.25) is 0 Å². The fraction of sp³-hybridized carbons (Fsp3) is 0.320. The van der Waals surface area contributed by atoms with Gasteiger partial charge in [0.15, 0.2) is 0 Å². The van der Waals surface area contributed by atoms with Gasteiger partial charge >= 0.3 is 12.5 Å². The third-order valence-electron chi connectivity index (χ3n) is 5.68. The van der Waals surface area contributed by atoms with Gasteiger partial charge in [-0.3, -0.25) is 4.79 Å². The maximum absolute atomic E-state index is 14.4. The first-order valence-electron chi connectivity index (χ1n) is 11.1. The largest absolute Gasteiger partial charge is 0.573 e. The third-order valence-corrected chi connectivity index (χ3v) is 6.61. The molecule has 0 radical (unpaired) electrons. The molecule has 3 aromatic rings. The lowest BCUT2D eigenvalue weighted by molar-refractivity contribution is -0.274. The van der Waals surface area contributed by atoms with Gasteiger partial charge in [-0.25, -0.2) is 8.42 Å². The summed E-state index contributed by atoms with van der Waals surface area (Å²) in [4.78, 5) is 14.6. The number of alkyl halides is 6. The molecule has 0 aliphatic rings. The minimum atomic E-state index is -4.97. The fourth-order valence-electron chi connectivity index (χ4n) is 4.02. The lowest BCUT2D eigenvalue weighted by Crippen LogP contribution is -2.33. The zero-order valence-electron chi connectivity index (χ0n) is 20.5. The second-order valence-corrected chi connectivity index (χ2v) is 11.0. The number of aromatic nitrogens is 1. The van der Waals surface area contributed by atoms with E-state index in [-0.39, 0.29) is 35.5 Å². The Hall–Kier alpha value is -3.48. The SMILES string of the molecule is Cc1c(-c2ccc(OC(F)(F)F)cc2)c(C(=O)N(C)CCS(C)(=O)=O)n(Cc2ccccc2)c1C(F)(F)F. The van der Waals surface area contributed by atoms with Crippen LogP contribution in [-0.4, -0.2) is 55.8 Å². The number of hydrogen-bond acceptors (Lipinski definition) is 4. The number of ether oxygens (including phenoxy) is 1. The van der Waals surface area contributed by atoms with Crippen molar-refractivity contribution < 1.29 is 44.3 Å². The molecule has 3 rings (SSSR count). The van der Waals surface area contributed by atoms with Crippen molar-refractivity contribution in [2.75, 3.05) is 25.6 Å². The average molecular weight is 563 g/mol. The van der Waals surface area contributed by atoms with E-state index in [1.807, 2.05) is 0 Å². The molecule has 1 amide bonds. The number of benzene rings is 2. The van der Waals surface area contributed by atoms with Crippen molar-refractivity contribution in [3.05, 3.63) is 77.1 Å². The van der Waals surface area contributed by atoms with Crippen LogP contribution in [-0.2, 0) is 22.6 Å². The van der Waals surface area contributed by atoms with E-state index < -0.39 is 45.5 Å². The molecule has 1 heterocycles. The van der Waals surface area contributed by atoms with Crippen LogP contribution in [0.5, 0.6) is 5.75 Å². The third kappa shape index (κ3) is 7.09. The minimum absolute atomic E-state index is 0.0502. The highest BCUT2D eigenvalue weighted by molar-refractivity contribution is 7.90. The van der Waals surface area contributed by atoms with Gasteiger partial charge in [-0.15, -0.1) is 13.2 Å². The Morgan fingerprint density at radius 3 is 2.05 bits per heavy atom. The van der Waals surface area contributed by atoms with Crippen molar-refractivity contribution in [2.45, 2.75) is 26.0 Å². The Morgan fingerprint density at radius 2 is 1.55 bits per heavy atom. The first-order valence-corrected chi connectivity index (χ1v) is 13.2. The van der Waals surface area contributed by atoms with Crippen LogP contribution < -0.4 is 4.74 Å². The van der Waals surface area contributed by atoms with Crippen molar-refractivity contribution in [3.8, 4) is 16.9 Å². The van der Waals surface area contributed by atoms with Crippen LogP contribution >= 0.6 is 0 Å². The molecule has 0 atom stereocenters.